The third kappa shape index (κ3) is 4.77. The first kappa shape index (κ1) is 15.2. The predicted octanol–water partition coefficient (Wildman–Crippen LogP) is 4.17. The van der Waals surface area contributed by atoms with Crippen molar-refractivity contribution in [1.82, 2.24) is 5.32 Å². The van der Waals surface area contributed by atoms with E-state index in [0.29, 0.717) is 0 Å². The number of hydrogen-bond acceptors (Lipinski definition) is 1. The monoisotopic (exact) mass is 251 g/mol. The van der Waals surface area contributed by atoms with Crippen LogP contribution in [0.4, 0.5) is 4.39 Å². The van der Waals surface area contributed by atoms with Gasteiger partial charge in [-0.2, -0.15) is 0 Å². The Kier molecular flexibility index (Phi) is 6.34. The highest BCUT2D eigenvalue weighted by Gasteiger charge is 2.24. The number of halogens is 1. The smallest absolute Gasteiger partial charge is 0.126 e. The Morgan fingerprint density at radius 3 is 2.50 bits per heavy atom. The van der Waals surface area contributed by atoms with E-state index in [0.717, 1.165) is 44.3 Å². The van der Waals surface area contributed by atoms with Gasteiger partial charge in [-0.15, -0.1) is 0 Å². The molecule has 1 aromatic carbocycles. The molecule has 0 spiro atoms. The van der Waals surface area contributed by atoms with E-state index in [2.05, 4.69) is 26.1 Å². The zero-order valence-electron chi connectivity index (χ0n) is 11.9. The van der Waals surface area contributed by atoms with Gasteiger partial charge in [0.05, 0.1) is 0 Å². The highest BCUT2D eigenvalue weighted by molar-refractivity contribution is 5.19. The summed E-state index contributed by atoms with van der Waals surface area (Å²) in [6, 6.07) is 7.14. The third-order valence-corrected chi connectivity index (χ3v) is 3.41. The molecule has 0 aromatic heterocycles. The molecule has 0 radical (unpaired) electrons. The van der Waals surface area contributed by atoms with Crippen LogP contribution in [0.1, 0.15) is 45.6 Å². The average Bonchev–Trinajstić information content (AvgIpc) is 2.33. The van der Waals surface area contributed by atoms with Gasteiger partial charge in [0.25, 0.3) is 0 Å². The van der Waals surface area contributed by atoms with Gasteiger partial charge in [-0.05, 0) is 42.9 Å². The summed E-state index contributed by atoms with van der Waals surface area (Å²) in [5.41, 5.74) is 0.985. The van der Waals surface area contributed by atoms with Crippen LogP contribution in [0.2, 0.25) is 0 Å². The topological polar surface area (TPSA) is 12.0 Å². The minimum Gasteiger partial charge on any atom is -0.316 e. The van der Waals surface area contributed by atoms with Crippen molar-refractivity contribution in [2.75, 3.05) is 13.1 Å². The molecule has 0 saturated carbocycles. The summed E-state index contributed by atoms with van der Waals surface area (Å²) < 4.78 is 13.7. The SMILES string of the molecule is CCCNCC(C)(CCC)Cc1ccccc1F. The van der Waals surface area contributed by atoms with Crippen LogP contribution in [0.15, 0.2) is 24.3 Å². The maximum Gasteiger partial charge on any atom is 0.126 e. The fourth-order valence-corrected chi connectivity index (χ4v) is 2.51. The molecular weight excluding hydrogens is 225 g/mol. The van der Waals surface area contributed by atoms with Crippen molar-refractivity contribution in [2.24, 2.45) is 5.41 Å². The van der Waals surface area contributed by atoms with Crippen molar-refractivity contribution in [1.29, 1.82) is 0 Å². The lowest BCUT2D eigenvalue weighted by Gasteiger charge is -2.30. The van der Waals surface area contributed by atoms with E-state index in [1.165, 1.54) is 0 Å². The van der Waals surface area contributed by atoms with E-state index >= 15 is 0 Å². The molecule has 102 valence electrons. The molecule has 0 bridgehead atoms. The van der Waals surface area contributed by atoms with Crippen molar-refractivity contribution in [3.05, 3.63) is 35.6 Å². The Morgan fingerprint density at radius 2 is 1.89 bits per heavy atom. The van der Waals surface area contributed by atoms with Crippen molar-refractivity contribution >= 4 is 0 Å². The van der Waals surface area contributed by atoms with Crippen LogP contribution >= 0.6 is 0 Å². The largest absolute Gasteiger partial charge is 0.316 e. The van der Waals surface area contributed by atoms with Crippen LogP contribution in [0, 0.1) is 11.2 Å². The van der Waals surface area contributed by atoms with E-state index in [1.54, 1.807) is 12.1 Å². The summed E-state index contributed by atoms with van der Waals surface area (Å²) >= 11 is 0. The second-order valence-corrected chi connectivity index (χ2v) is 5.51. The summed E-state index contributed by atoms with van der Waals surface area (Å²) in [5.74, 6) is -0.0738. The highest BCUT2D eigenvalue weighted by atomic mass is 19.1. The summed E-state index contributed by atoms with van der Waals surface area (Å²) in [5, 5.41) is 3.48. The van der Waals surface area contributed by atoms with Crippen LogP contribution in [-0.2, 0) is 6.42 Å². The van der Waals surface area contributed by atoms with Crippen LogP contribution in [0.5, 0.6) is 0 Å². The van der Waals surface area contributed by atoms with Crippen LogP contribution in [-0.4, -0.2) is 13.1 Å². The van der Waals surface area contributed by atoms with Gasteiger partial charge < -0.3 is 5.32 Å². The minimum atomic E-state index is -0.0738. The van der Waals surface area contributed by atoms with Crippen LogP contribution < -0.4 is 5.32 Å². The zero-order chi connectivity index (χ0) is 13.4. The molecular formula is C16H26FN. The lowest BCUT2D eigenvalue weighted by Crippen LogP contribution is -2.34. The number of benzene rings is 1. The first-order valence-corrected chi connectivity index (χ1v) is 7.05. The Hall–Kier alpha value is -0.890. The quantitative estimate of drug-likeness (QED) is 0.684. The van der Waals surface area contributed by atoms with Gasteiger partial charge in [-0.3, -0.25) is 0 Å². The van der Waals surface area contributed by atoms with Crippen molar-refractivity contribution < 1.29 is 4.39 Å². The molecule has 0 saturated heterocycles. The molecule has 0 amide bonds. The maximum atomic E-state index is 13.7. The first-order chi connectivity index (χ1) is 8.61. The molecule has 1 atom stereocenters. The van der Waals surface area contributed by atoms with Gasteiger partial charge in [0.2, 0.25) is 0 Å². The molecule has 1 rings (SSSR count). The fraction of sp³-hybridized carbons (Fsp3) is 0.625. The Morgan fingerprint density at radius 1 is 1.17 bits per heavy atom. The minimum absolute atomic E-state index is 0.0738. The second kappa shape index (κ2) is 7.52. The second-order valence-electron chi connectivity index (χ2n) is 5.51. The van der Waals surface area contributed by atoms with E-state index < -0.39 is 0 Å². The van der Waals surface area contributed by atoms with Gasteiger partial charge in [0, 0.05) is 6.54 Å². The van der Waals surface area contributed by atoms with E-state index in [9.17, 15) is 4.39 Å². The summed E-state index contributed by atoms with van der Waals surface area (Å²) in [4.78, 5) is 0. The van der Waals surface area contributed by atoms with Crippen LogP contribution in [0.25, 0.3) is 0 Å². The highest BCUT2D eigenvalue weighted by Crippen LogP contribution is 2.28. The van der Waals surface area contributed by atoms with Gasteiger partial charge >= 0.3 is 0 Å². The lowest BCUT2D eigenvalue weighted by molar-refractivity contribution is 0.272. The molecule has 2 heteroatoms. The Bertz CT molecular complexity index is 351. The molecule has 0 aliphatic heterocycles. The van der Waals surface area contributed by atoms with Crippen molar-refractivity contribution in [3.63, 3.8) is 0 Å². The molecule has 1 nitrogen and oxygen atoms in total. The molecule has 18 heavy (non-hydrogen) atoms. The van der Waals surface area contributed by atoms with Crippen molar-refractivity contribution in [2.45, 2.75) is 46.5 Å². The van der Waals surface area contributed by atoms with Gasteiger partial charge in [0.1, 0.15) is 5.82 Å². The van der Waals surface area contributed by atoms with Crippen molar-refractivity contribution in [3.8, 4) is 0 Å². The molecule has 0 fully saturated rings. The molecule has 1 unspecified atom stereocenters. The number of rotatable bonds is 8. The first-order valence-electron chi connectivity index (χ1n) is 7.05. The Balaban J connectivity index is 2.69. The molecule has 0 aliphatic carbocycles. The van der Waals surface area contributed by atoms with E-state index in [1.807, 2.05) is 12.1 Å². The molecule has 0 heterocycles. The third-order valence-electron chi connectivity index (χ3n) is 3.41. The molecule has 1 aromatic rings. The zero-order valence-corrected chi connectivity index (χ0v) is 11.9. The average molecular weight is 251 g/mol. The summed E-state index contributed by atoms with van der Waals surface area (Å²) in [6.07, 6.45) is 4.21. The van der Waals surface area contributed by atoms with Gasteiger partial charge in [-0.1, -0.05) is 45.4 Å². The normalized spacial score (nSPS) is 14.4. The van der Waals surface area contributed by atoms with Gasteiger partial charge in [-0.25, -0.2) is 4.39 Å². The summed E-state index contributed by atoms with van der Waals surface area (Å²) in [6.45, 7) is 8.62. The Labute approximate surface area is 111 Å². The predicted molar refractivity (Wildman–Crippen MR) is 76.3 cm³/mol. The number of hydrogen-bond donors (Lipinski definition) is 1. The fourth-order valence-electron chi connectivity index (χ4n) is 2.51. The maximum absolute atomic E-state index is 13.7. The van der Waals surface area contributed by atoms with Crippen LogP contribution in [0.3, 0.4) is 0 Å². The molecule has 1 N–H and O–H groups in total. The van der Waals surface area contributed by atoms with Gasteiger partial charge in [0.15, 0.2) is 0 Å². The molecule has 0 aliphatic rings. The number of nitrogens with one attached hydrogen (secondary N) is 1. The summed E-state index contributed by atoms with van der Waals surface area (Å²) in [7, 11) is 0. The van der Waals surface area contributed by atoms with E-state index in [-0.39, 0.29) is 11.2 Å². The lowest BCUT2D eigenvalue weighted by atomic mass is 9.79. The van der Waals surface area contributed by atoms with E-state index in [4.69, 9.17) is 0 Å². The standard InChI is InChI=1S/C16H26FN/c1-4-10-16(3,13-18-11-5-2)12-14-8-6-7-9-15(14)17/h6-9,18H,4-5,10-13H2,1-3H3.